The number of rotatable bonds is 9. The number of urea groups is 1. The van der Waals surface area contributed by atoms with Crippen LogP contribution in [0.3, 0.4) is 0 Å². The van der Waals surface area contributed by atoms with Crippen molar-refractivity contribution in [2.45, 2.75) is 13.0 Å². The van der Waals surface area contributed by atoms with Crippen molar-refractivity contribution in [2.75, 3.05) is 62.6 Å². The van der Waals surface area contributed by atoms with E-state index in [0.717, 1.165) is 44.8 Å². The lowest BCUT2D eigenvalue weighted by Gasteiger charge is -2.28. The molecular weight excluding hydrogens is 508 g/mol. The molecule has 0 aliphatic carbocycles. The van der Waals surface area contributed by atoms with Crippen LogP contribution in [0, 0.1) is 0 Å². The molecule has 1 fully saturated rings. The van der Waals surface area contributed by atoms with Gasteiger partial charge in [-0.1, -0.05) is 6.07 Å². The predicted octanol–water partition coefficient (Wildman–Crippen LogP) is 3.46. The van der Waals surface area contributed by atoms with Crippen LogP contribution in [0.5, 0.6) is 11.5 Å². The average Bonchev–Trinajstić information content (AvgIpc) is 3.57. The van der Waals surface area contributed by atoms with Crippen molar-refractivity contribution in [3.05, 3.63) is 58.5 Å². The van der Waals surface area contributed by atoms with E-state index in [0.29, 0.717) is 41.7 Å². The number of thiophene rings is 1. The van der Waals surface area contributed by atoms with Crippen molar-refractivity contribution in [2.24, 2.45) is 0 Å². The summed E-state index contributed by atoms with van der Waals surface area (Å²) < 4.78 is 16.2. The van der Waals surface area contributed by atoms with Crippen LogP contribution in [-0.4, -0.2) is 72.9 Å². The molecule has 0 unspecified atom stereocenters. The number of benzene rings is 1. The zero-order valence-electron chi connectivity index (χ0n) is 20.9. The first-order valence-corrected chi connectivity index (χ1v) is 13.3. The Balaban J connectivity index is 1.23. The number of morpholine rings is 1. The second kappa shape index (κ2) is 12.1. The van der Waals surface area contributed by atoms with Gasteiger partial charge in [-0.05, 0) is 30.2 Å². The lowest BCUT2D eigenvalue weighted by atomic mass is 10.2. The number of nitrogens with zero attached hydrogens (tertiary/aromatic N) is 3. The van der Waals surface area contributed by atoms with Crippen LogP contribution in [0.4, 0.5) is 21.9 Å². The minimum atomic E-state index is -0.343. The standard InChI is InChI=1S/C26H30N6O5S/c27-20-15-38-16-22(20)30-25(33)21-4-2-18(13-28-21)14-32(7-1-6-31-8-10-35-11-9-31)26(34)29-19-3-5-23-24(12-19)37-17-36-23/h2-5,12-13,15-16H,1,6-11,14,17,27H2,(H,29,34)(H,30,33). The van der Waals surface area contributed by atoms with E-state index >= 15 is 0 Å². The quantitative estimate of drug-likeness (QED) is 0.378. The van der Waals surface area contributed by atoms with Crippen LogP contribution in [-0.2, 0) is 11.3 Å². The largest absolute Gasteiger partial charge is 0.454 e. The van der Waals surface area contributed by atoms with Gasteiger partial charge in [-0.25, -0.2) is 4.79 Å². The van der Waals surface area contributed by atoms with Crippen molar-refractivity contribution < 1.29 is 23.8 Å². The maximum atomic E-state index is 13.3. The summed E-state index contributed by atoms with van der Waals surface area (Å²) in [5.41, 5.74) is 8.63. The zero-order chi connectivity index (χ0) is 26.3. The molecule has 0 atom stereocenters. The Bertz CT molecular complexity index is 1260. The molecule has 3 aromatic rings. The lowest BCUT2D eigenvalue weighted by molar-refractivity contribution is 0.0365. The summed E-state index contributed by atoms with van der Waals surface area (Å²) in [6.07, 6.45) is 2.43. The Kier molecular flexibility index (Phi) is 8.22. The minimum Gasteiger partial charge on any atom is -0.454 e. The molecule has 1 saturated heterocycles. The van der Waals surface area contributed by atoms with Crippen LogP contribution in [0.15, 0.2) is 47.3 Å². The third-order valence-electron chi connectivity index (χ3n) is 6.29. The number of fused-ring (bicyclic) bond motifs is 1. The van der Waals surface area contributed by atoms with Crippen LogP contribution in [0.2, 0.25) is 0 Å². The van der Waals surface area contributed by atoms with E-state index in [-0.39, 0.29) is 24.4 Å². The van der Waals surface area contributed by atoms with Gasteiger partial charge in [0.2, 0.25) is 6.79 Å². The molecule has 3 amide bonds. The summed E-state index contributed by atoms with van der Waals surface area (Å²) in [5.74, 6) is 0.913. The maximum absolute atomic E-state index is 13.3. The lowest BCUT2D eigenvalue weighted by Crippen LogP contribution is -2.40. The number of carbonyl (C=O) groups excluding carboxylic acids is 2. The van der Waals surface area contributed by atoms with Gasteiger partial charge < -0.3 is 35.5 Å². The van der Waals surface area contributed by atoms with Crippen LogP contribution < -0.4 is 25.8 Å². The van der Waals surface area contributed by atoms with Gasteiger partial charge in [0.25, 0.3) is 5.91 Å². The smallest absolute Gasteiger partial charge is 0.322 e. The summed E-state index contributed by atoms with van der Waals surface area (Å²) in [7, 11) is 0. The monoisotopic (exact) mass is 538 g/mol. The molecule has 4 heterocycles. The molecule has 12 heteroatoms. The number of hydrogen-bond donors (Lipinski definition) is 3. The second-order valence-electron chi connectivity index (χ2n) is 8.97. The third-order valence-corrected chi connectivity index (χ3v) is 7.05. The summed E-state index contributed by atoms with van der Waals surface area (Å²) in [5, 5.41) is 9.26. The number of ether oxygens (including phenoxy) is 3. The number of carbonyl (C=O) groups is 2. The number of nitrogens with two attached hydrogens (primary N) is 1. The summed E-state index contributed by atoms with van der Waals surface area (Å²) in [6, 6.07) is 8.53. The van der Waals surface area contributed by atoms with Gasteiger partial charge in [0.05, 0.1) is 24.6 Å². The summed E-state index contributed by atoms with van der Waals surface area (Å²) in [4.78, 5) is 34.2. The average molecular weight is 539 g/mol. The fraction of sp³-hybridized carbons (Fsp3) is 0.346. The molecule has 2 aliphatic rings. The van der Waals surface area contributed by atoms with Crippen LogP contribution >= 0.6 is 11.3 Å². The number of amides is 3. The highest BCUT2D eigenvalue weighted by Gasteiger charge is 2.19. The van der Waals surface area contributed by atoms with Gasteiger partial charge >= 0.3 is 6.03 Å². The predicted molar refractivity (Wildman–Crippen MR) is 145 cm³/mol. The SMILES string of the molecule is Nc1cscc1NC(=O)c1ccc(CN(CCCN2CCOCC2)C(=O)Nc2ccc3c(c2)OCO3)cn1. The molecule has 0 bridgehead atoms. The number of nitrogen functional groups attached to an aromatic ring is 1. The first-order chi connectivity index (χ1) is 18.5. The molecular formula is C26H30N6O5S. The van der Waals surface area contributed by atoms with Crippen LogP contribution in [0.1, 0.15) is 22.5 Å². The van der Waals surface area contributed by atoms with Crippen LogP contribution in [0.25, 0.3) is 0 Å². The Labute approximate surface area is 224 Å². The van der Waals surface area contributed by atoms with E-state index in [1.807, 2.05) is 6.07 Å². The fourth-order valence-corrected chi connectivity index (χ4v) is 4.88. The van der Waals surface area contributed by atoms with Gasteiger partial charge in [-0.3, -0.25) is 14.7 Å². The van der Waals surface area contributed by atoms with Gasteiger partial charge in [-0.15, -0.1) is 11.3 Å². The maximum Gasteiger partial charge on any atom is 0.322 e. The molecule has 1 aromatic carbocycles. The molecule has 4 N–H and O–H groups in total. The molecule has 0 spiro atoms. The van der Waals surface area contributed by atoms with Gasteiger partial charge in [0, 0.05) is 61.4 Å². The van der Waals surface area contributed by atoms with E-state index in [9.17, 15) is 9.59 Å². The zero-order valence-corrected chi connectivity index (χ0v) is 21.7. The van der Waals surface area contributed by atoms with E-state index in [1.54, 1.807) is 46.1 Å². The number of pyridine rings is 1. The molecule has 2 aliphatic heterocycles. The van der Waals surface area contributed by atoms with Crippen molar-refractivity contribution in [3.63, 3.8) is 0 Å². The molecule has 2 aromatic heterocycles. The highest BCUT2D eigenvalue weighted by atomic mass is 32.1. The van der Waals surface area contributed by atoms with E-state index in [1.165, 1.54) is 11.3 Å². The Morgan fingerprint density at radius 2 is 1.92 bits per heavy atom. The minimum absolute atomic E-state index is 0.169. The topological polar surface area (TPSA) is 131 Å². The highest BCUT2D eigenvalue weighted by molar-refractivity contribution is 7.09. The van der Waals surface area contributed by atoms with Gasteiger partial charge in [0.15, 0.2) is 11.5 Å². The normalized spacial score (nSPS) is 14.7. The molecule has 0 saturated carbocycles. The van der Waals surface area contributed by atoms with Crippen molar-refractivity contribution in [1.82, 2.24) is 14.8 Å². The van der Waals surface area contributed by atoms with Crippen molar-refractivity contribution in [3.8, 4) is 11.5 Å². The van der Waals surface area contributed by atoms with Gasteiger partial charge in [-0.2, -0.15) is 0 Å². The van der Waals surface area contributed by atoms with Gasteiger partial charge in [0.1, 0.15) is 5.69 Å². The van der Waals surface area contributed by atoms with E-state index in [4.69, 9.17) is 19.9 Å². The van der Waals surface area contributed by atoms with E-state index in [2.05, 4.69) is 20.5 Å². The molecule has 0 radical (unpaired) electrons. The molecule has 5 rings (SSSR count). The Hall–Kier alpha value is -3.87. The summed E-state index contributed by atoms with van der Waals surface area (Å²) in [6.45, 7) is 5.20. The van der Waals surface area contributed by atoms with E-state index < -0.39 is 0 Å². The van der Waals surface area contributed by atoms with Crippen molar-refractivity contribution >= 4 is 40.3 Å². The first-order valence-electron chi connectivity index (χ1n) is 12.4. The number of aromatic nitrogens is 1. The second-order valence-corrected chi connectivity index (χ2v) is 9.72. The number of nitrogens with one attached hydrogen (secondary N) is 2. The fourth-order valence-electron chi connectivity index (χ4n) is 4.21. The third kappa shape index (κ3) is 6.52. The Morgan fingerprint density at radius 1 is 1.08 bits per heavy atom. The van der Waals surface area contributed by atoms with Crippen molar-refractivity contribution in [1.29, 1.82) is 0 Å². The highest BCUT2D eigenvalue weighted by Crippen LogP contribution is 2.34. The number of anilines is 3. The molecule has 38 heavy (non-hydrogen) atoms. The molecule has 11 nitrogen and oxygen atoms in total. The number of hydrogen-bond acceptors (Lipinski definition) is 9. The molecule has 200 valence electrons. The first kappa shape index (κ1) is 25.8. The Morgan fingerprint density at radius 3 is 2.68 bits per heavy atom. The summed E-state index contributed by atoms with van der Waals surface area (Å²) >= 11 is 1.41.